The van der Waals surface area contributed by atoms with Gasteiger partial charge in [-0.3, -0.25) is 4.79 Å². The number of halogens is 1. The quantitative estimate of drug-likeness (QED) is 0.802. The molecule has 1 aliphatic rings. The molecule has 0 heterocycles. The molecular weight excluding hydrogens is 262 g/mol. The summed E-state index contributed by atoms with van der Waals surface area (Å²) in [6.07, 6.45) is 7.71. The third-order valence-corrected chi connectivity index (χ3v) is 4.24. The van der Waals surface area contributed by atoms with Crippen LogP contribution in [-0.4, -0.2) is 28.8 Å². The number of alkyl halides is 1. The fourth-order valence-electron chi connectivity index (χ4n) is 1.91. The van der Waals surface area contributed by atoms with Gasteiger partial charge < -0.3 is 5.32 Å². The van der Waals surface area contributed by atoms with Crippen molar-refractivity contribution < 1.29 is 4.79 Å². The SMILES string of the molecule is CSC1CCCCC1NC(=O)CCBr. The molecule has 14 heavy (non-hydrogen) atoms. The molecule has 2 unspecified atom stereocenters. The topological polar surface area (TPSA) is 29.1 Å². The lowest BCUT2D eigenvalue weighted by molar-refractivity contribution is -0.121. The molecule has 0 radical (unpaired) electrons. The summed E-state index contributed by atoms with van der Waals surface area (Å²) in [7, 11) is 0. The number of hydrogen-bond donors (Lipinski definition) is 1. The standard InChI is InChI=1S/C10H18BrNOS/c1-14-9-5-3-2-4-8(9)12-10(13)6-7-11/h8-9H,2-7H2,1H3,(H,12,13). The lowest BCUT2D eigenvalue weighted by Crippen LogP contribution is -2.43. The van der Waals surface area contributed by atoms with Crippen molar-refractivity contribution in [1.82, 2.24) is 5.32 Å². The molecule has 0 bridgehead atoms. The smallest absolute Gasteiger partial charge is 0.221 e. The highest BCUT2D eigenvalue weighted by atomic mass is 79.9. The lowest BCUT2D eigenvalue weighted by Gasteiger charge is -2.30. The highest BCUT2D eigenvalue weighted by molar-refractivity contribution is 9.09. The normalized spacial score (nSPS) is 27.3. The van der Waals surface area contributed by atoms with Crippen LogP contribution in [0.1, 0.15) is 32.1 Å². The van der Waals surface area contributed by atoms with Crippen molar-refractivity contribution in [2.75, 3.05) is 11.6 Å². The Hall–Kier alpha value is 0.300. The summed E-state index contributed by atoms with van der Waals surface area (Å²) >= 11 is 5.17. The third kappa shape index (κ3) is 3.81. The summed E-state index contributed by atoms with van der Waals surface area (Å²) in [5.41, 5.74) is 0. The Balaban J connectivity index is 2.36. The van der Waals surface area contributed by atoms with Gasteiger partial charge in [0.15, 0.2) is 0 Å². The number of rotatable bonds is 4. The van der Waals surface area contributed by atoms with Gasteiger partial charge in [-0.15, -0.1) is 0 Å². The van der Waals surface area contributed by atoms with Crippen LogP contribution in [0.25, 0.3) is 0 Å². The van der Waals surface area contributed by atoms with Crippen molar-refractivity contribution in [3.05, 3.63) is 0 Å². The first-order valence-electron chi connectivity index (χ1n) is 5.16. The van der Waals surface area contributed by atoms with E-state index in [0.29, 0.717) is 17.7 Å². The number of amides is 1. The van der Waals surface area contributed by atoms with E-state index in [1.54, 1.807) is 0 Å². The number of hydrogen-bond acceptors (Lipinski definition) is 2. The molecule has 2 atom stereocenters. The number of nitrogens with one attached hydrogen (secondary N) is 1. The third-order valence-electron chi connectivity index (χ3n) is 2.67. The largest absolute Gasteiger partial charge is 0.352 e. The zero-order valence-electron chi connectivity index (χ0n) is 8.59. The fraction of sp³-hybridized carbons (Fsp3) is 0.900. The molecule has 0 aromatic heterocycles. The Morgan fingerprint density at radius 2 is 2.21 bits per heavy atom. The fourth-order valence-corrected chi connectivity index (χ4v) is 3.20. The Morgan fingerprint density at radius 3 is 2.86 bits per heavy atom. The van der Waals surface area contributed by atoms with Crippen molar-refractivity contribution in [2.45, 2.75) is 43.4 Å². The van der Waals surface area contributed by atoms with Crippen LogP contribution in [-0.2, 0) is 4.79 Å². The van der Waals surface area contributed by atoms with Crippen LogP contribution in [0.3, 0.4) is 0 Å². The molecule has 1 saturated carbocycles. The van der Waals surface area contributed by atoms with Gasteiger partial charge in [0, 0.05) is 23.0 Å². The Morgan fingerprint density at radius 1 is 1.50 bits per heavy atom. The Kier molecular flexibility index (Phi) is 5.94. The summed E-state index contributed by atoms with van der Waals surface area (Å²) in [6, 6.07) is 0.408. The first kappa shape index (κ1) is 12.4. The lowest BCUT2D eigenvalue weighted by atomic mass is 9.95. The van der Waals surface area contributed by atoms with E-state index in [1.807, 2.05) is 11.8 Å². The van der Waals surface area contributed by atoms with Gasteiger partial charge in [-0.2, -0.15) is 11.8 Å². The predicted octanol–water partition coefficient (Wildman–Crippen LogP) is 2.56. The minimum Gasteiger partial charge on any atom is -0.352 e. The molecule has 0 aromatic carbocycles. The molecular formula is C10H18BrNOS. The van der Waals surface area contributed by atoms with Crippen molar-refractivity contribution in [3.8, 4) is 0 Å². The van der Waals surface area contributed by atoms with E-state index >= 15 is 0 Å². The molecule has 0 spiro atoms. The van der Waals surface area contributed by atoms with Crippen LogP contribution < -0.4 is 5.32 Å². The summed E-state index contributed by atoms with van der Waals surface area (Å²) < 4.78 is 0. The second-order valence-corrected chi connectivity index (χ2v) is 5.54. The minimum atomic E-state index is 0.188. The maximum Gasteiger partial charge on any atom is 0.221 e. The molecule has 0 aliphatic heterocycles. The van der Waals surface area contributed by atoms with E-state index < -0.39 is 0 Å². The van der Waals surface area contributed by atoms with E-state index in [9.17, 15) is 4.79 Å². The predicted molar refractivity (Wildman–Crippen MR) is 66.1 cm³/mol. The first-order chi connectivity index (χ1) is 6.77. The van der Waals surface area contributed by atoms with E-state index in [0.717, 1.165) is 11.8 Å². The summed E-state index contributed by atoms with van der Waals surface area (Å²) in [6.45, 7) is 0. The molecule has 1 rings (SSSR count). The van der Waals surface area contributed by atoms with Gasteiger partial charge in [0.05, 0.1) is 0 Å². The Bertz CT molecular complexity index is 189. The van der Waals surface area contributed by atoms with E-state index in [4.69, 9.17) is 0 Å². The molecule has 1 amide bonds. The number of carbonyl (C=O) groups excluding carboxylic acids is 1. The van der Waals surface area contributed by atoms with Gasteiger partial charge in [-0.1, -0.05) is 28.8 Å². The average molecular weight is 280 g/mol. The molecule has 0 aromatic rings. The van der Waals surface area contributed by atoms with Crippen LogP contribution in [0.15, 0.2) is 0 Å². The zero-order chi connectivity index (χ0) is 10.4. The number of carbonyl (C=O) groups is 1. The van der Waals surface area contributed by atoms with Gasteiger partial charge in [0.2, 0.25) is 5.91 Å². The molecule has 2 nitrogen and oxygen atoms in total. The molecule has 0 saturated heterocycles. The number of thioether (sulfide) groups is 1. The second kappa shape index (κ2) is 6.72. The van der Waals surface area contributed by atoms with E-state index in [1.165, 1.54) is 19.3 Å². The monoisotopic (exact) mass is 279 g/mol. The van der Waals surface area contributed by atoms with Crippen molar-refractivity contribution in [3.63, 3.8) is 0 Å². The van der Waals surface area contributed by atoms with Gasteiger partial charge in [-0.05, 0) is 19.1 Å². The van der Waals surface area contributed by atoms with Gasteiger partial charge >= 0.3 is 0 Å². The molecule has 4 heteroatoms. The van der Waals surface area contributed by atoms with Crippen LogP contribution in [0.4, 0.5) is 0 Å². The maximum atomic E-state index is 11.4. The minimum absolute atomic E-state index is 0.188. The van der Waals surface area contributed by atoms with Crippen LogP contribution >= 0.6 is 27.7 Å². The highest BCUT2D eigenvalue weighted by Crippen LogP contribution is 2.27. The summed E-state index contributed by atoms with van der Waals surface area (Å²) in [5.74, 6) is 0.188. The summed E-state index contributed by atoms with van der Waals surface area (Å²) in [4.78, 5) is 11.4. The second-order valence-electron chi connectivity index (χ2n) is 3.67. The zero-order valence-corrected chi connectivity index (χ0v) is 11.0. The Labute approximate surface area is 98.7 Å². The van der Waals surface area contributed by atoms with Gasteiger partial charge in [0.1, 0.15) is 0 Å². The van der Waals surface area contributed by atoms with Crippen molar-refractivity contribution >= 4 is 33.6 Å². The summed E-state index contributed by atoms with van der Waals surface area (Å²) in [5, 5.41) is 4.52. The van der Waals surface area contributed by atoms with Gasteiger partial charge in [-0.25, -0.2) is 0 Å². The van der Waals surface area contributed by atoms with Crippen LogP contribution in [0, 0.1) is 0 Å². The van der Waals surface area contributed by atoms with E-state index in [2.05, 4.69) is 27.5 Å². The van der Waals surface area contributed by atoms with Crippen molar-refractivity contribution in [1.29, 1.82) is 0 Å². The van der Waals surface area contributed by atoms with Gasteiger partial charge in [0.25, 0.3) is 0 Å². The van der Waals surface area contributed by atoms with Crippen molar-refractivity contribution in [2.24, 2.45) is 0 Å². The average Bonchev–Trinajstić information content (AvgIpc) is 2.19. The van der Waals surface area contributed by atoms with Crippen LogP contribution in [0.5, 0.6) is 0 Å². The van der Waals surface area contributed by atoms with E-state index in [-0.39, 0.29) is 5.91 Å². The maximum absolute atomic E-state index is 11.4. The molecule has 1 N–H and O–H groups in total. The highest BCUT2D eigenvalue weighted by Gasteiger charge is 2.25. The molecule has 1 aliphatic carbocycles. The molecule has 1 fully saturated rings. The molecule has 82 valence electrons. The van der Waals surface area contributed by atoms with Crippen LogP contribution in [0.2, 0.25) is 0 Å². The first-order valence-corrected chi connectivity index (χ1v) is 7.57.